The van der Waals surface area contributed by atoms with Gasteiger partial charge in [-0.3, -0.25) is 4.98 Å². The van der Waals surface area contributed by atoms with E-state index in [9.17, 15) is 13.2 Å². The number of nitrogens with zero attached hydrogens (tertiary/aromatic N) is 4. The summed E-state index contributed by atoms with van der Waals surface area (Å²) < 4.78 is 42.2. The highest BCUT2D eigenvalue weighted by Gasteiger charge is 2.34. The molecule has 5 nitrogen and oxygen atoms in total. The Labute approximate surface area is 176 Å². The predicted molar refractivity (Wildman–Crippen MR) is 110 cm³/mol. The molecule has 0 unspecified atom stereocenters. The molecule has 0 spiro atoms. The fraction of sp³-hybridized carbons (Fsp3) is 0.0870. The predicted octanol–water partition coefficient (Wildman–Crippen LogP) is 5.44. The highest BCUT2D eigenvalue weighted by atomic mass is 19.4. The van der Waals surface area contributed by atoms with Crippen molar-refractivity contribution in [3.63, 3.8) is 0 Å². The van der Waals surface area contributed by atoms with E-state index in [2.05, 4.69) is 15.4 Å². The molecule has 0 bridgehead atoms. The maximum Gasteiger partial charge on any atom is 0.418 e. The molecular formula is C23H16F3N5. The molecule has 0 saturated heterocycles. The zero-order chi connectivity index (χ0) is 21.8. The SMILES string of the molecule is N#Cc1ccc(NCc2cn(-c3ccccc3)nc2-c2ccncc2)c(C(F)(F)F)c1. The Morgan fingerprint density at radius 1 is 1.00 bits per heavy atom. The maximum absolute atomic E-state index is 13.5. The average Bonchev–Trinajstić information content (AvgIpc) is 3.22. The number of halogens is 3. The Morgan fingerprint density at radius 2 is 1.74 bits per heavy atom. The lowest BCUT2D eigenvalue weighted by Gasteiger charge is -2.15. The van der Waals surface area contributed by atoms with Crippen LogP contribution in [0.5, 0.6) is 0 Å². The number of benzene rings is 2. The van der Waals surface area contributed by atoms with Crippen LogP contribution in [0.1, 0.15) is 16.7 Å². The second-order valence-corrected chi connectivity index (χ2v) is 6.74. The fourth-order valence-corrected chi connectivity index (χ4v) is 3.20. The second kappa shape index (κ2) is 8.32. The van der Waals surface area contributed by atoms with Crippen molar-refractivity contribution in [1.82, 2.24) is 14.8 Å². The van der Waals surface area contributed by atoms with E-state index in [1.807, 2.05) is 30.3 Å². The number of hydrogen-bond donors (Lipinski definition) is 1. The number of nitrogens with one attached hydrogen (secondary N) is 1. The molecule has 2 aromatic carbocycles. The van der Waals surface area contributed by atoms with E-state index in [1.54, 1.807) is 41.5 Å². The van der Waals surface area contributed by atoms with E-state index in [1.165, 1.54) is 12.1 Å². The molecule has 0 radical (unpaired) electrons. The van der Waals surface area contributed by atoms with Gasteiger partial charge >= 0.3 is 6.18 Å². The highest BCUT2D eigenvalue weighted by Crippen LogP contribution is 2.36. The zero-order valence-corrected chi connectivity index (χ0v) is 16.1. The third-order valence-corrected chi connectivity index (χ3v) is 4.69. The van der Waals surface area contributed by atoms with Crippen LogP contribution in [-0.2, 0) is 12.7 Å². The van der Waals surface area contributed by atoms with Crippen LogP contribution >= 0.6 is 0 Å². The van der Waals surface area contributed by atoms with Crippen molar-refractivity contribution >= 4 is 5.69 Å². The first kappa shape index (κ1) is 20.2. The number of pyridine rings is 1. The molecule has 31 heavy (non-hydrogen) atoms. The molecule has 0 aliphatic heterocycles. The quantitative estimate of drug-likeness (QED) is 0.468. The summed E-state index contributed by atoms with van der Waals surface area (Å²) in [6, 6.07) is 18.3. The van der Waals surface area contributed by atoms with Crippen molar-refractivity contribution in [2.45, 2.75) is 12.7 Å². The first-order valence-corrected chi connectivity index (χ1v) is 9.35. The Hall–Kier alpha value is -4.12. The standard InChI is InChI=1S/C23H16F3N5/c24-23(25,26)20-12-16(13-27)6-7-21(20)29-14-18-15-31(19-4-2-1-3-5-19)30-22(18)17-8-10-28-11-9-17/h1-12,15,29H,14H2. The van der Waals surface area contributed by atoms with Crippen molar-refractivity contribution in [2.75, 3.05) is 5.32 Å². The summed E-state index contributed by atoms with van der Waals surface area (Å²) in [4.78, 5) is 4.01. The molecule has 0 aliphatic rings. The molecule has 4 rings (SSSR count). The van der Waals surface area contributed by atoms with Crippen LogP contribution in [0.4, 0.5) is 18.9 Å². The van der Waals surface area contributed by atoms with Gasteiger partial charge in [-0.15, -0.1) is 0 Å². The maximum atomic E-state index is 13.5. The van der Waals surface area contributed by atoms with Crippen LogP contribution in [0.15, 0.2) is 79.3 Å². The lowest BCUT2D eigenvalue weighted by molar-refractivity contribution is -0.137. The van der Waals surface area contributed by atoms with E-state index in [0.717, 1.165) is 17.3 Å². The summed E-state index contributed by atoms with van der Waals surface area (Å²) in [6.45, 7) is 0.111. The number of para-hydroxylation sites is 1. The van der Waals surface area contributed by atoms with Gasteiger partial charge in [0.15, 0.2) is 0 Å². The molecule has 0 aliphatic carbocycles. The summed E-state index contributed by atoms with van der Waals surface area (Å²) in [7, 11) is 0. The summed E-state index contributed by atoms with van der Waals surface area (Å²) in [5.41, 5.74) is 1.96. The molecule has 154 valence electrons. The van der Waals surface area contributed by atoms with E-state index in [0.29, 0.717) is 11.3 Å². The number of aromatic nitrogens is 3. The molecule has 0 amide bonds. The Kier molecular flexibility index (Phi) is 5.41. The lowest BCUT2D eigenvalue weighted by atomic mass is 10.1. The van der Waals surface area contributed by atoms with Crippen LogP contribution in [0.3, 0.4) is 0 Å². The lowest BCUT2D eigenvalue weighted by Crippen LogP contribution is -2.11. The van der Waals surface area contributed by atoms with Crippen molar-refractivity contribution in [3.8, 4) is 23.0 Å². The van der Waals surface area contributed by atoms with E-state index >= 15 is 0 Å². The minimum Gasteiger partial charge on any atom is -0.380 e. The van der Waals surface area contributed by atoms with Crippen molar-refractivity contribution in [3.05, 3.63) is 95.9 Å². The largest absolute Gasteiger partial charge is 0.418 e. The molecule has 8 heteroatoms. The minimum atomic E-state index is -4.59. The smallest absolute Gasteiger partial charge is 0.380 e. The topological polar surface area (TPSA) is 66.5 Å². The summed E-state index contributed by atoms with van der Waals surface area (Å²) >= 11 is 0. The van der Waals surface area contributed by atoms with E-state index < -0.39 is 11.7 Å². The van der Waals surface area contributed by atoms with Gasteiger partial charge in [0.2, 0.25) is 0 Å². The molecule has 2 aromatic heterocycles. The van der Waals surface area contributed by atoms with Crippen LogP contribution in [0, 0.1) is 11.3 Å². The van der Waals surface area contributed by atoms with Gasteiger partial charge < -0.3 is 5.32 Å². The zero-order valence-electron chi connectivity index (χ0n) is 16.1. The summed E-state index contributed by atoms with van der Waals surface area (Å²) in [6.07, 6.45) is 0.471. The van der Waals surface area contributed by atoms with E-state index in [4.69, 9.17) is 5.26 Å². The molecule has 0 fully saturated rings. The number of nitriles is 1. The number of alkyl halides is 3. The Morgan fingerprint density at radius 3 is 2.42 bits per heavy atom. The molecule has 4 aromatic rings. The van der Waals surface area contributed by atoms with Crippen LogP contribution in [-0.4, -0.2) is 14.8 Å². The van der Waals surface area contributed by atoms with Crippen molar-refractivity contribution in [1.29, 1.82) is 5.26 Å². The van der Waals surface area contributed by atoms with E-state index in [-0.39, 0.29) is 17.8 Å². The van der Waals surface area contributed by atoms with Gasteiger partial charge in [-0.1, -0.05) is 18.2 Å². The highest BCUT2D eigenvalue weighted by molar-refractivity contribution is 5.64. The van der Waals surface area contributed by atoms with Gasteiger partial charge in [0.1, 0.15) is 0 Å². The molecule has 2 heterocycles. The van der Waals surface area contributed by atoms with Gasteiger partial charge in [-0.05, 0) is 42.5 Å². The average molecular weight is 419 g/mol. The Balaban J connectivity index is 1.71. The van der Waals surface area contributed by atoms with Crippen LogP contribution in [0.2, 0.25) is 0 Å². The second-order valence-electron chi connectivity index (χ2n) is 6.74. The number of hydrogen-bond acceptors (Lipinski definition) is 4. The molecular weight excluding hydrogens is 403 g/mol. The number of anilines is 1. The van der Waals surface area contributed by atoms with Crippen LogP contribution < -0.4 is 5.32 Å². The van der Waals surface area contributed by atoms with Crippen molar-refractivity contribution in [2.24, 2.45) is 0 Å². The fourth-order valence-electron chi connectivity index (χ4n) is 3.20. The monoisotopic (exact) mass is 419 g/mol. The first-order valence-electron chi connectivity index (χ1n) is 9.35. The summed E-state index contributed by atoms with van der Waals surface area (Å²) in [5, 5.41) is 16.5. The summed E-state index contributed by atoms with van der Waals surface area (Å²) in [5.74, 6) is 0. The molecule has 1 N–H and O–H groups in total. The van der Waals surface area contributed by atoms with Gasteiger partial charge in [-0.25, -0.2) is 4.68 Å². The van der Waals surface area contributed by atoms with Gasteiger partial charge in [0, 0.05) is 41.9 Å². The van der Waals surface area contributed by atoms with Crippen LogP contribution in [0.25, 0.3) is 16.9 Å². The van der Waals surface area contributed by atoms with Gasteiger partial charge in [0.05, 0.1) is 28.6 Å². The normalized spacial score (nSPS) is 11.2. The molecule has 0 atom stereocenters. The third kappa shape index (κ3) is 4.41. The minimum absolute atomic E-state index is 0.0488. The third-order valence-electron chi connectivity index (χ3n) is 4.69. The van der Waals surface area contributed by atoms with Crippen molar-refractivity contribution < 1.29 is 13.2 Å². The first-order chi connectivity index (χ1) is 15.0. The van der Waals surface area contributed by atoms with Gasteiger partial charge in [-0.2, -0.15) is 23.5 Å². The molecule has 0 saturated carbocycles. The Bertz CT molecular complexity index is 1230. The number of rotatable bonds is 5. The van der Waals surface area contributed by atoms with Gasteiger partial charge in [0.25, 0.3) is 0 Å².